The highest BCUT2D eigenvalue weighted by atomic mass is 35.5. The van der Waals surface area contributed by atoms with Crippen molar-refractivity contribution in [2.45, 2.75) is 0 Å². The van der Waals surface area contributed by atoms with Crippen molar-refractivity contribution >= 4 is 45.3 Å². The van der Waals surface area contributed by atoms with Crippen LogP contribution in [0.4, 0.5) is 4.39 Å². The highest BCUT2D eigenvalue weighted by Gasteiger charge is 2.07. The minimum Gasteiger partial charge on any atom is -0.346 e. The van der Waals surface area contributed by atoms with Crippen LogP contribution in [0.1, 0.15) is 0 Å². The van der Waals surface area contributed by atoms with E-state index in [1.807, 2.05) is 6.07 Å². The predicted octanol–water partition coefficient (Wildman–Crippen LogP) is 3.36. The molecular formula is C12H7Cl2FN6. The molecule has 106 valence electrons. The van der Waals surface area contributed by atoms with Gasteiger partial charge in [-0.3, -0.25) is 0 Å². The normalized spacial score (nSPS) is 10.6. The topological polar surface area (TPSA) is 83.1 Å². The molecule has 4 heterocycles. The Morgan fingerprint density at radius 2 is 1.62 bits per heavy atom. The van der Waals surface area contributed by atoms with E-state index >= 15 is 0 Å². The summed E-state index contributed by atoms with van der Waals surface area (Å²) in [5.41, 5.74) is 1.20. The lowest BCUT2D eigenvalue weighted by molar-refractivity contribution is 0.639. The highest BCUT2D eigenvalue weighted by Crippen LogP contribution is 2.20. The van der Waals surface area contributed by atoms with Gasteiger partial charge >= 0.3 is 0 Å². The van der Waals surface area contributed by atoms with E-state index in [1.165, 1.54) is 18.9 Å². The Labute approximate surface area is 127 Å². The summed E-state index contributed by atoms with van der Waals surface area (Å²) in [6.07, 6.45) is 5.69. The van der Waals surface area contributed by atoms with Crippen LogP contribution in [0.15, 0.2) is 31.1 Å². The van der Waals surface area contributed by atoms with E-state index in [4.69, 9.17) is 23.2 Å². The average molecular weight is 325 g/mol. The summed E-state index contributed by atoms with van der Waals surface area (Å²) >= 11 is 11.3. The van der Waals surface area contributed by atoms with Crippen LogP contribution in [0.3, 0.4) is 0 Å². The second-order valence-electron chi connectivity index (χ2n) is 3.93. The van der Waals surface area contributed by atoms with Crippen LogP contribution in [-0.2, 0) is 0 Å². The fourth-order valence-electron chi connectivity index (χ4n) is 1.73. The van der Waals surface area contributed by atoms with Gasteiger partial charge in [-0.05, 0) is 6.07 Å². The molecule has 0 aliphatic carbocycles. The van der Waals surface area contributed by atoms with Gasteiger partial charge in [-0.25, -0.2) is 24.3 Å². The minimum absolute atomic E-state index is 0.133. The first kappa shape index (κ1) is 13.7. The first-order valence-electron chi connectivity index (χ1n) is 5.73. The highest BCUT2D eigenvalue weighted by molar-refractivity contribution is 6.34. The molecule has 0 saturated carbocycles. The van der Waals surface area contributed by atoms with E-state index in [-0.39, 0.29) is 10.5 Å². The summed E-state index contributed by atoms with van der Waals surface area (Å²) in [5, 5.41) is 1.73. The molecule has 9 heteroatoms. The quantitative estimate of drug-likeness (QED) is 0.486. The molecule has 0 aliphatic heterocycles. The SMILES string of the molecule is Clc1ncnc2[nH]ccc12.Fc1c[nH]c2ncnc(Cl)c12. The third-order valence-electron chi connectivity index (χ3n) is 2.68. The first-order chi connectivity index (χ1) is 10.2. The molecule has 0 spiro atoms. The number of H-pyrrole nitrogens is 2. The predicted molar refractivity (Wildman–Crippen MR) is 77.8 cm³/mol. The van der Waals surface area contributed by atoms with Gasteiger partial charge in [0, 0.05) is 12.4 Å². The second-order valence-corrected chi connectivity index (χ2v) is 4.65. The lowest BCUT2D eigenvalue weighted by Crippen LogP contribution is -1.81. The smallest absolute Gasteiger partial charge is 0.153 e. The molecule has 4 rings (SSSR count). The second kappa shape index (κ2) is 5.63. The third kappa shape index (κ3) is 2.65. The molecule has 4 aromatic rings. The van der Waals surface area contributed by atoms with Crippen LogP contribution in [0.25, 0.3) is 22.1 Å². The molecule has 21 heavy (non-hydrogen) atoms. The van der Waals surface area contributed by atoms with Crippen molar-refractivity contribution in [3.05, 3.63) is 47.2 Å². The van der Waals surface area contributed by atoms with Gasteiger partial charge in [-0.1, -0.05) is 23.2 Å². The Morgan fingerprint density at radius 1 is 0.905 bits per heavy atom. The molecule has 0 unspecified atom stereocenters. The van der Waals surface area contributed by atoms with Gasteiger partial charge < -0.3 is 9.97 Å². The summed E-state index contributed by atoms with van der Waals surface area (Å²) in [7, 11) is 0. The molecule has 0 saturated heterocycles. The number of aromatic amines is 2. The van der Waals surface area contributed by atoms with Crippen molar-refractivity contribution in [3.8, 4) is 0 Å². The standard InChI is InChI=1S/C6H3ClFN3.C6H4ClN3/c7-5-4-3(8)1-9-6(4)11-2-10-5;7-5-4-1-2-8-6(4)10-3-9-5/h1-2H,(H,9,10,11);1-3H,(H,8,9,10). The maximum atomic E-state index is 12.8. The number of halogens is 3. The molecule has 0 amide bonds. The molecule has 2 N–H and O–H groups in total. The zero-order chi connectivity index (χ0) is 14.8. The Hall–Kier alpha value is -2.25. The zero-order valence-corrected chi connectivity index (χ0v) is 11.8. The monoisotopic (exact) mass is 324 g/mol. The molecule has 0 atom stereocenters. The zero-order valence-electron chi connectivity index (χ0n) is 10.3. The number of nitrogens with zero attached hydrogens (tertiary/aromatic N) is 4. The lowest BCUT2D eigenvalue weighted by Gasteiger charge is -1.89. The Balaban J connectivity index is 0.000000126. The van der Waals surface area contributed by atoms with Gasteiger partial charge in [0.25, 0.3) is 0 Å². The van der Waals surface area contributed by atoms with Crippen LogP contribution in [0.5, 0.6) is 0 Å². The van der Waals surface area contributed by atoms with Crippen LogP contribution >= 0.6 is 23.2 Å². The maximum absolute atomic E-state index is 12.8. The summed E-state index contributed by atoms with van der Waals surface area (Å²) in [6.45, 7) is 0. The number of hydrogen-bond donors (Lipinski definition) is 2. The minimum atomic E-state index is -0.425. The number of nitrogens with one attached hydrogen (secondary N) is 2. The molecule has 0 radical (unpaired) electrons. The van der Waals surface area contributed by atoms with Crippen molar-refractivity contribution in [2.75, 3.05) is 0 Å². The number of rotatable bonds is 0. The van der Waals surface area contributed by atoms with Gasteiger partial charge in [-0.15, -0.1) is 0 Å². The molecule has 0 bridgehead atoms. The van der Waals surface area contributed by atoms with Crippen LogP contribution < -0.4 is 0 Å². The molecule has 6 nitrogen and oxygen atoms in total. The number of aromatic nitrogens is 6. The molecule has 4 aromatic heterocycles. The Morgan fingerprint density at radius 3 is 2.33 bits per heavy atom. The summed E-state index contributed by atoms with van der Waals surface area (Å²) in [4.78, 5) is 20.7. The summed E-state index contributed by atoms with van der Waals surface area (Å²) in [5.74, 6) is -0.425. The lowest BCUT2D eigenvalue weighted by atomic mass is 10.4. The summed E-state index contributed by atoms with van der Waals surface area (Å²) in [6, 6.07) is 1.84. The fourth-order valence-corrected chi connectivity index (χ4v) is 2.15. The van der Waals surface area contributed by atoms with Gasteiger partial charge in [-0.2, -0.15) is 0 Å². The third-order valence-corrected chi connectivity index (χ3v) is 3.27. The van der Waals surface area contributed by atoms with E-state index in [0.717, 1.165) is 11.0 Å². The van der Waals surface area contributed by atoms with E-state index in [2.05, 4.69) is 29.9 Å². The van der Waals surface area contributed by atoms with Crippen molar-refractivity contribution in [1.29, 1.82) is 0 Å². The van der Waals surface area contributed by atoms with E-state index in [0.29, 0.717) is 10.8 Å². The van der Waals surface area contributed by atoms with E-state index in [9.17, 15) is 4.39 Å². The van der Waals surface area contributed by atoms with Crippen LogP contribution in [-0.4, -0.2) is 29.9 Å². The van der Waals surface area contributed by atoms with Gasteiger partial charge in [0.1, 0.15) is 34.3 Å². The van der Waals surface area contributed by atoms with Gasteiger partial charge in [0.2, 0.25) is 0 Å². The molecule has 0 fully saturated rings. The van der Waals surface area contributed by atoms with E-state index < -0.39 is 5.82 Å². The van der Waals surface area contributed by atoms with Crippen molar-refractivity contribution in [2.24, 2.45) is 0 Å². The molecule has 0 aromatic carbocycles. The average Bonchev–Trinajstić information content (AvgIpc) is 3.08. The number of hydrogen-bond acceptors (Lipinski definition) is 4. The van der Waals surface area contributed by atoms with Crippen LogP contribution in [0.2, 0.25) is 10.3 Å². The van der Waals surface area contributed by atoms with Crippen molar-refractivity contribution in [1.82, 2.24) is 29.9 Å². The van der Waals surface area contributed by atoms with Crippen LogP contribution in [0, 0.1) is 5.82 Å². The van der Waals surface area contributed by atoms with Gasteiger partial charge in [0.05, 0.1) is 10.8 Å². The summed E-state index contributed by atoms with van der Waals surface area (Å²) < 4.78 is 12.8. The molecule has 0 aliphatic rings. The largest absolute Gasteiger partial charge is 0.346 e. The maximum Gasteiger partial charge on any atom is 0.153 e. The fraction of sp³-hybridized carbons (Fsp3) is 0. The van der Waals surface area contributed by atoms with Crippen molar-refractivity contribution in [3.63, 3.8) is 0 Å². The first-order valence-corrected chi connectivity index (χ1v) is 6.49. The van der Waals surface area contributed by atoms with E-state index in [1.54, 1.807) is 6.20 Å². The number of fused-ring (bicyclic) bond motifs is 2. The Bertz CT molecular complexity index is 903. The van der Waals surface area contributed by atoms with Gasteiger partial charge in [0.15, 0.2) is 5.82 Å². The van der Waals surface area contributed by atoms with Crippen molar-refractivity contribution < 1.29 is 4.39 Å². The Kier molecular flexibility index (Phi) is 3.68. The molecular weight excluding hydrogens is 318 g/mol.